The summed E-state index contributed by atoms with van der Waals surface area (Å²) in [7, 11) is 0. The summed E-state index contributed by atoms with van der Waals surface area (Å²) in [6, 6.07) is 8.85. The number of esters is 1. The molecule has 0 spiro atoms. The van der Waals surface area contributed by atoms with Crippen molar-refractivity contribution in [2.24, 2.45) is 0 Å². The molecule has 0 aromatic heterocycles. The van der Waals surface area contributed by atoms with Gasteiger partial charge in [-0.1, -0.05) is 63.6 Å². The van der Waals surface area contributed by atoms with Crippen molar-refractivity contribution in [3.63, 3.8) is 0 Å². The average Bonchev–Trinajstić information content (AvgIpc) is 2.43. The van der Waals surface area contributed by atoms with Crippen LogP contribution < -0.4 is 4.74 Å². The summed E-state index contributed by atoms with van der Waals surface area (Å²) in [5, 5.41) is 9.71. The third-order valence-electron chi connectivity index (χ3n) is 3.06. The van der Waals surface area contributed by atoms with E-state index in [9.17, 15) is 9.90 Å². The highest BCUT2D eigenvalue weighted by Crippen LogP contribution is 2.12. The predicted molar refractivity (Wildman–Crippen MR) is 76.1 cm³/mol. The molecule has 0 bridgehead atoms. The van der Waals surface area contributed by atoms with Crippen LogP contribution in [0.1, 0.15) is 51.9 Å². The molecule has 19 heavy (non-hydrogen) atoms. The van der Waals surface area contributed by atoms with E-state index in [4.69, 9.17) is 4.74 Å². The molecule has 1 unspecified atom stereocenters. The summed E-state index contributed by atoms with van der Waals surface area (Å²) in [4.78, 5) is 11.6. The van der Waals surface area contributed by atoms with Gasteiger partial charge in [-0.25, -0.2) is 4.79 Å². The Kier molecular flexibility index (Phi) is 7.91. The highest BCUT2D eigenvalue weighted by Gasteiger charge is 2.16. The molecule has 0 heterocycles. The fourth-order valence-electron chi connectivity index (χ4n) is 1.91. The Morgan fingerprint density at radius 3 is 2.42 bits per heavy atom. The Labute approximate surface area is 115 Å². The lowest BCUT2D eigenvalue weighted by Gasteiger charge is -2.10. The van der Waals surface area contributed by atoms with Gasteiger partial charge in [-0.3, -0.25) is 0 Å². The van der Waals surface area contributed by atoms with E-state index >= 15 is 0 Å². The van der Waals surface area contributed by atoms with Gasteiger partial charge in [-0.15, -0.1) is 0 Å². The van der Waals surface area contributed by atoms with Crippen LogP contribution in [0.4, 0.5) is 0 Å². The third kappa shape index (κ3) is 6.97. The first-order chi connectivity index (χ1) is 9.24. The maximum absolute atomic E-state index is 11.6. The molecule has 1 aromatic carbocycles. The van der Waals surface area contributed by atoms with Gasteiger partial charge in [-0.2, -0.15) is 0 Å². The molecule has 1 atom stereocenters. The van der Waals surface area contributed by atoms with Crippen molar-refractivity contribution in [1.29, 1.82) is 0 Å². The molecule has 0 fully saturated rings. The lowest BCUT2D eigenvalue weighted by Crippen LogP contribution is -2.25. The van der Waals surface area contributed by atoms with Crippen LogP contribution in [0.2, 0.25) is 0 Å². The lowest BCUT2D eigenvalue weighted by molar-refractivity contribution is -0.144. The number of unbranched alkanes of at least 4 members (excludes halogenated alkanes) is 5. The maximum Gasteiger partial charge on any atom is 0.340 e. The monoisotopic (exact) mass is 264 g/mol. The van der Waals surface area contributed by atoms with Crippen molar-refractivity contribution < 1.29 is 14.6 Å². The van der Waals surface area contributed by atoms with Gasteiger partial charge in [-0.05, 0) is 18.6 Å². The zero-order chi connectivity index (χ0) is 13.9. The highest BCUT2D eigenvalue weighted by molar-refractivity contribution is 5.76. The minimum absolute atomic E-state index is 0.481. The molecule has 0 aliphatic carbocycles. The van der Waals surface area contributed by atoms with Crippen LogP contribution in [0.25, 0.3) is 0 Å². The molecule has 1 aromatic rings. The minimum atomic E-state index is -1.01. The van der Waals surface area contributed by atoms with E-state index in [-0.39, 0.29) is 0 Å². The molecule has 0 saturated carbocycles. The fourth-order valence-corrected chi connectivity index (χ4v) is 1.91. The Morgan fingerprint density at radius 2 is 1.74 bits per heavy atom. The second-order valence-corrected chi connectivity index (χ2v) is 4.81. The van der Waals surface area contributed by atoms with E-state index in [0.29, 0.717) is 12.2 Å². The van der Waals surface area contributed by atoms with E-state index in [1.807, 2.05) is 6.07 Å². The normalized spacial score (nSPS) is 12.1. The summed E-state index contributed by atoms with van der Waals surface area (Å²) in [5.41, 5.74) is 0. The first kappa shape index (κ1) is 15.7. The molecule has 0 aliphatic rings. The van der Waals surface area contributed by atoms with Gasteiger partial charge < -0.3 is 9.84 Å². The number of carbonyl (C=O) groups excluding carboxylic acids is 1. The number of aliphatic hydroxyl groups is 1. The number of carbonyl (C=O) groups is 1. The van der Waals surface area contributed by atoms with E-state index in [0.717, 1.165) is 12.8 Å². The zero-order valence-corrected chi connectivity index (χ0v) is 11.7. The number of aliphatic hydroxyl groups excluding tert-OH is 1. The molecule has 0 saturated heterocycles. The van der Waals surface area contributed by atoms with E-state index < -0.39 is 12.1 Å². The quantitative estimate of drug-likeness (QED) is 0.420. The molecule has 3 heteroatoms. The van der Waals surface area contributed by atoms with Gasteiger partial charge in [0.15, 0.2) is 6.10 Å². The molecular formula is C16H24O3. The van der Waals surface area contributed by atoms with E-state index in [1.54, 1.807) is 24.3 Å². The molecule has 3 nitrogen and oxygen atoms in total. The van der Waals surface area contributed by atoms with Crippen molar-refractivity contribution in [1.82, 2.24) is 0 Å². The smallest absolute Gasteiger partial charge is 0.340 e. The van der Waals surface area contributed by atoms with Crippen molar-refractivity contribution in [3.8, 4) is 5.75 Å². The van der Waals surface area contributed by atoms with Gasteiger partial charge in [0.2, 0.25) is 0 Å². The van der Waals surface area contributed by atoms with Crippen LogP contribution in [-0.4, -0.2) is 17.2 Å². The summed E-state index contributed by atoms with van der Waals surface area (Å²) < 4.78 is 5.08. The molecule has 1 rings (SSSR count). The third-order valence-corrected chi connectivity index (χ3v) is 3.06. The van der Waals surface area contributed by atoms with Crippen molar-refractivity contribution in [3.05, 3.63) is 30.3 Å². The van der Waals surface area contributed by atoms with Crippen molar-refractivity contribution in [2.45, 2.75) is 58.0 Å². The van der Waals surface area contributed by atoms with Gasteiger partial charge in [0, 0.05) is 0 Å². The van der Waals surface area contributed by atoms with Crippen LogP contribution >= 0.6 is 0 Å². The Hall–Kier alpha value is -1.35. The van der Waals surface area contributed by atoms with Crippen molar-refractivity contribution in [2.75, 3.05) is 0 Å². The van der Waals surface area contributed by atoms with Crippen LogP contribution in [0, 0.1) is 0 Å². The zero-order valence-electron chi connectivity index (χ0n) is 11.7. The largest absolute Gasteiger partial charge is 0.425 e. The minimum Gasteiger partial charge on any atom is -0.425 e. The number of ether oxygens (including phenoxy) is 1. The Balaban J connectivity index is 2.15. The number of para-hydroxylation sites is 1. The maximum atomic E-state index is 11.6. The SMILES string of the molecule is CCCCCCCCC(O)C(=O)Oc1ccccc1. The average molecular weight is 264 g/mol. The molecule has 0 amide bonds. The van der Waals surface area contributed by atoms with Crippen LogP contribution in [0.5, 0.6) is 5.75 Å². The molecule has 0 aliphatic heterocycles. The second-order valence-electron chi connectivity index (χ2n) is 4.81. The first-order valence-electron chi connectivity index (χ1n) is 7.19. The Morgan fingerprint density at radius 1 is 1.11 bits per heavy atom. The lowest BCUT2D eigenvalue weighted by atomic mass is 10.1. The predicted octanol–water partition coefficient (Wildman–Crippen LogP) is 3.70. The second kappa shape index (κ2) is 9.56. The molecule has 106 valence electrons. The number of hydrogen-bond acceptors (Lipinski definition) is 3. The van der Waals surface area contributed by atoms with Gasteiger partial charge in [0.25, 0.3) is 0 Å². The van der Waals surface area contributed by atoms with Crippen molar-refractivity contribution >= 4 is 5.97 Å². The standard InChI is InChI=1S/C16H24O3/c1-2-3-4-5-6-10-13-15(17)16(18)19-14-11-8-7-9-12-14/h7-9,11-12,15,17H,2-6,10,13H2,1H3. The Bertz CT molecular complexity index is 348. The molecular weight excluding hydrogens is 240 g/mol. The highest BCUT2D eigenvalue weighted by atomic mass is 16.5. The van der Waals surface area contributed by atoms with E-state index in [1.165, 1.54) is 25.7 Å². The topological polar surface area (TPSA) is 46.5 Å². The van der Waals surface area contributed by atoms with Gasteiger partial charge in [0.05, 0.1) is 0 Å². The first-order valence-corrected chi connectivity index (χ1v) is 7.19. The molecule has 1 N–H and O–H groups in total. The van der Waals surface area contributed by atoms with Crippen LogP contribution in [-0.2, 0) is 4.79 Å². The van der Waals surface area contributed by atoms with E-state index in [2.05, 4.69) is 6.92 Å². The molecule has 0 radical (unpaired) electrons. The van der Waals surface area contributed by atoms with Crippen LogP contribution in [0.15, 0.2) is 30.3 Å². The summed E-state index contributed by atoms with van der Waals surface area (Å²) in [6.07, 6.45) is 6.31. The summed E-state index contributed by atoms with van der Waals surface area (Å²) in [6.45, 7) is 2.18. The number of rotatable bonds is 9. The van der Waals surface area contributed by atoms with Gasteiger partial charge in [0.1, 0.15) is 5.75 Å². The number of benzene rings is 1. The summed E-state index contributed by atoms with van der Waals surface area (Å²) in [5.74, 6) is -0.0748. The number of hydrogen-bond donors (Lipinski definition) is 1. The summed E-state index contributed by atoms with van der Waals surface area (Å²) >= 11 is 0. The van der Waals surface area contributed by atoms with Gasteiger partial charge >= 0.3 is 5.97 Å². The van der Waals surface area contributed by atoms with Crippen LogP contribution in [0.3, 0.4) is 0 Å². The fraction of sp³-hybridized carbons (Fsp3) is 0.562.